The molecule has 0 saturated heterocycles. The van der Waals surface area contributed by atoms with Crippen LogP contribution in [0.3, 0.4) is 0 Å². The summed E-state index contributed by atoms with van der Waals surface area (Å²) in [4.78, 5) is 11.0. The highest BCUT2D eigenvalue weighted by Gasteiger charge is 2.11. The molecule has 0 aromatic carbocycles. The third-order valence-electron chi connectivity index (χ3n) is 1.42. The molecule has 4 nitrogen and oxygen atoms in total. The molecule has 0 bridgehead atoms. The molecule has 0 amide bonds. The number of ether oxygens (including phenoxy) is 1. The van der Waals surface area contributed by atoms with Crippen LogP contribution in [-0.4, -0.2) is 22.9 Å². The van der Waals surface area contributed by atoms with Crippen molar-refractivity contribution in [2.75, 3.05) is 7.11 Å². The minimum atomic E-state index is -0.389. The van der Waals surface area contributed by atoms with Crippen LogP contribution in [0.4, 0.5) is 0 Å². The van der Waals surface area contributed by atoms with Crippen LogP contribution in [-0.2, 0) is 11.3 Å². The maximum Gasteiger partial charge on any atom is 0.358 e. The molecule has 0 saturated carbocycles. The lowest BCUT2D eigenvalue weighted by Crippen LogP contribution is -2.04. The Hall–Kier alpha value is -0.590. The second kappa shape index (κ2) is 3.88. The van der Waals surface area contributed by atoms with Crippen LogP contribution in [0.15, 0.2) is 6.07 Å². The van der Waals surface area contributed by atoms with Crippen LogP contribution in [0.5, 0.6) is 0 Å². The Kier molecular flexibility index (Phi) is 3.07. The Morgan fingerprint density at radius 1 is 1.83 bits per heavy atom. The molecule has 12 heavy (non-hydrogen) atoms. The fraction of sp³-hybridized carbons (Fsp3) is 0.429. The molecule has 0 aliphatic heterocycles. The van der Waals surface area contributed by atoms with Gasteiger partial charge in [-0.1, -0.05) is 0 Å². The van der Waals surface area contributed by atoms with Gasteiger partial charge in [-0.2, -0.15) is 5.10 Å². The van der Waals surface area contributed by atoms with Crippen molar-refractivity contribution in [1.82, 2.24) is 9.78 Å². The fourth-order valence-electron chi connectivity index (χ4n) is 0.820. The van der Waals surface area contributed by atoms with E-state index in [0.29, 0.717) is 5.69 Å². The normalized spacial score (nSPS) is 9.92. The molecule has 1 aromatic heterocycles. The number of hydrogen-bond donors (Lipinski definition) is 0. The van der Waals surface area contributed by atoms with Crippen LogP contribution in [0.1, 0.15) is 17.4 Å². The zero-order chi connectivity index (χ0) is 9.14. The minimum Gasteiger partial charge on any atom is -0.464 e. The van der Waals surface area contributed by atoms with E-state index in [1.807, 2.05) is 6.92 Å². The first-order valence-electron chi connectivity index (χ1n) is 3.50. The summed E-state index contributed by atoms with van der Waals surface area (Å²) < 4.78 is 7.21. The highest BCUT2D eigenvalue weighted by Crippen LogP contribution is 2.08. The predicted molar refractivity (Wildman–Crippen MR) is 52.0 cm³/mol. The SMILES string of the molecule is CCn1nc(C(=O)OC)cc1I. The molecule has 1 rings (SSSR count). The van der Waals surface area contributed by atoms with Gasteiger partial charge in [-0.3, -0.25) is 4.68 Å². The molecule has 66 valence electrons. The summed E-state index contributed by atoms with van der Waals surface area (Å²) in [7, 11) is 1.35. The van der Waals surface area contributed by atoms with Crippen molar-refractivity contribution >= 4 is 28.6 Å². The van der Waals surface area contributed by atoms with E-state index in [1.54, 1.807) is 10.7 Å². The summed E-state index contributed by atoms with van der Waals surface area (Å²) >= 11 is 2.12. The molecule has 0 unspecified atom stereocenters. The maximum atomic E-state index is 11.0. The van der Waals surface area contributed by atoms with Crippen LogP contribution in [0, 0.1) is 3.70 Å². The first-order valence-corrected chi connectivity index (χ1v) is 4.58. The lowest BCUT2D eigenvalue weighted by Gasteiger charge is -1.94. The van der Waals surface area contributed by atoms with Gasteiger partial charge in [-0.25, -0.2) is 4.79 Å². The van der Waals surface area contributed by atoms with Crippen molar-refractivity contribution in [3.8, 4) is 0 Å². The van der Waals surface area contributed by atoms with Gasteiger partial charge in [0.1, 0.15) is 0 Å². The third-order valence-corrected chi connectivity index (χ3v) is 2.29. The number of nitrogens with zero attached hydrogens (tertiary/aromatic N) is 2. The first-order chi connectivity index (χ1) is 5.69. The zero-order valence-corrected chi connectivity index (χ0v) is 9.03. The summed E-state index contributed by atoms with van der Waals surface area (Å²) in [5, 5.41) is 4.03. The van der Waals surface area contributed by atoms with E-state index in [2.05, 4.69) is 32.4 Å². The average molecular weight is 280 g/mol. The van der Waals surface area contributed by atoms with Gasteiger partial charge in [0.05, 0.1) is 10.8 Å². The van der Waals surface area contributed by atoms with Crippen molar-refractivity contribution in [1.29, 1.82) is 0 Å². The second-order valence-corrected chi connectivity index (χ2v) is 3.26. The van der Waals surface area contributed by atoms with Crippen molar-refractivity contribution in [2.45, 2.75) is 13.5 Å². The van der Waals surface area contributed by atoms with E-state index in [-0.39, 0.29) is 5.97 Å². The number of aryl methyl sites for hydroxylation is 1. The number of carbonyl (C=O) groups is 1. The van der Waals surface area contributed by atoms with Gasteiger partial charge in [-0.15, -0.1) is 0 Å². The molecular formula is C7H9IN2O2. The standard InChI is InChI=1S/C7H9IN2O2/c1-3-10-6(8)4-5(9-10)7(11)12-2/h4H,3H2,1-2H3. The van der Waals surface area contributed by atoms with Crippen molar-refractivity contribution in [2.24, 2.45) is 0 Å². The number of halogens is 1. The largest absolute Gasteiger partial charge is 0.464 e. The molecule has 0 N–H and O–H groups in total. The second-order valence-electron chi connectivity index (χ2n) is 2.16. The van der Waals surface area contributed by atoms with E-state index in [1.165, 1.54) is 7.11 Å². The Morgan fingerprint density at radius 2 is 2.50 bits per heavy atom. The summed E-state index contributed by atoms with van der Waals surface area (Å²) in [6, 6.07) is 1.70. The number of rotatable bonds is 2. The van der Waals surface area contributed by atoms with Gasteiger partial charge in [-0.05, 0) is 29.5 Å². The lowest BCUT2D eigenvalue weighted by molar-refractivity contribution is 0.0593. The smallest absolute Gasteiger partial charge is 0.358 e. The van der Waals surface area contributed by atoms with E-state index in [9.17, 15) is 4.79 Å². The Labute approximate surface area is 84.0 Å². The Morgan fingerprint density at radius 3 is 2.92 bits per heavy atom. The summed E-state index contributed by atoms with van der Waals surface area (Å²) in [5.74, 6) is -0.389. The van der Waals surface area contributed by atoms with Crippen molar-refractivity contribution in [3.63, 3.8) is 0 Å². The molecule has 0 radical (unpaired) electrons. The highest BCUT2D eigenvalue weighted by molar-refractivity contribution is 14.1. The van der Waals surface area contributed by atoms with Gasteiger partial charge in [0, 0.05) is 12.6 Å². The van der Waals surface area contributed by atoms with Crippen LogP contribution in [0.2, 0.25) is 0 Å². The summed E-state index contributed by atoms with van der Waals surface area (Å²) in [6.45, 7) is 2.73. The van der Waals surface area contributed by atoms with Gasteiger partial charge < -0.3 is 4.74 Å². The maximum absolute atomic E-state index is 11.0. The molecule has 0 spiro atoms. The van der Waals surface area contributed by atoms with Gasteiger partial charge in [0.15, 0.2) is 5.69 Å². The summed E-state index contributed by atoms with van der Waals surface area (Å²) in [5.41, 5.74) is 0.365. The van der Waals surface area contributed by atoms with E-state index >= 15 is 0 Å². The number of hydrogen-bond acceptors (Lipinski definition) is 3. The minimum absolute atomic E-state index is 0.365. The molecule has 1 heterocycles. The van der Waals surface area contributed by atoms with Gasteiger partial charge in [0.25, 0.3) is 0 Å². The Bertz CT molecular complexity index is 296. The molecule has 0 aliphatic carbocycles. The predicted octanol–water partition coefficient (Wildman–Crippen LogP) is 1.29. The number of methoxy groups -OCH3 is 1. The van der Waals surface area contributed by atoms with E-state index in [4.69, 9.17) is 0 Å². The Balaban J connectivity index is 2.96. The van der Waals surface area contributed by atoms with Crippen molar-refractivity contribution < 1.29 is 9.53 Å². The molecule has 0 fully saturated rings. The quantitative estimate of drug-likeness (QED) is 0.605. The number of carbonyl (C=O) groups excluding carboxylic acids is 1. The van der Waals surface area contributed by atoms with E-state index < -0.39 is 0 Å². The van der Waals surface area contributed by atoms with Crippen LogP contribution >= 0.6 is 22.6 Å². The monoisotopic (exact) mass is 280 g/mol. The van der Waals surface area contributed by atoms with E-state index in [0.717, 1.165) is 10.2 Å². The number of esters is 1. The first kappa shape index (κ1) is 9.50. The van der Waals surface area contributed by atoms with Crippen molar-refractivity contribution in [3.05, 3.63) is 15.5 Å². The van der Waals surface area contributed by atoms with Crippen LogP contribution in [0.25, 0.3) is 0 Å². The molecule has 1 aromatic rings. The molecule has 5 heteroatoms. The average Bonchev–Trinajstić information content (AvgIpc) is 2.45. The van der Waals surface area contributed by atoms with Gasteiger partial charge >= 0.3 is 5.97 Å². The van der Waals surface area contributed by atoms with Crippen LogP contribution < -0.4 is 0 Å². The van der Waals surface area contributed by atoms with Gasteiger partial charge in [0.2, 0.25) is 0 Å². The fourth-order valence-corrected chi connectivity index (χ4v) is 1.56. The molecule has 0 aliphatic rings. The number of aromatic nitrogens is 2. The summed E-state index contributed by atoms with van der Waals surface area (Å²) in [6.07, 6.45) is 0. The topological polar surface area (TPSA) is 44.1 Å². The molecule has 0 atom stereocenters. The third kappa shape index (κ3) is 1.77. The molecular weight excluding hydrogens is 271 g/mol. The zero-order valence-electron chi connectivity index (χ0n) is 6.87. The lowest BCUT2D eigenvalue weighted by atomic mass is 10.4. The highest BCUT2D eigenvalue weighted by atomic mass is 127.